The van der Waals surface area contributed by atoms with Crippen molar-refractivity contribution in [3.8, 4) is 0 Å². The van der Waals surface area contributed by atoms with Crippen LogP contribution in [0.3, 0.4) is 0 Å². The normalized spacial score (nSPS) is 12.8. The Hall–Kier alpha value is 0.394. The van der Waals surface area contributed by atoms with Gasteiger partial charge in [0.15, 0.2) is 7.83 Å². The second-order valence-corrected chi connectivity index (χ2v) is 14.8. The zero-order valence-corrected chi connectivity index (χ0v) is 8.41. The third-order valence-electron chi connectivity index (χ3n) is 1.71. The molecule has 0 aliphatic rings. The lowest BCUT2D eigenvalue weighted by Crippen LogP contribution is -2.43. The average Bonchev–Trinajstić information content (AvgIpc) is 1.67. The quantitative estimate of drug-likeness (QED) is 0.540. The molecule has 49 valence electrons. The van der Waals surface area contributed by atoms with E-state index < -0.39 is 7.83 Å². The molecular formula is C5H15OSi2. The molecular weight excluding hydrogens is 132 g/mol. The molecule has 0 heterocycles. The highest BCUT2D eigenvalue weighted by Gasteiger charge is 2.25. The summed E-state index contributed by atoms with van der Waals surface area (Å²) in [6, 6.07) is 0. The SMILES string of the molecule is CO[Si](C)(C)[Si](C)C. The maximum absolute atomic E-state index is 5.38. The molecule has 0 atom stereocenters. The van der Waals surface area contributed by atoms with Crippen LogP contribution in [-0.4, -0.2) is 23.3 Å². The average molecular weight is 147 g/mol. The van der Waals surface area contributed by atoms with Gasteiger partial charge in [-0.1, -0.05) is 13.1 Å². The molecule has 1 nitrogen and oxygen atoms in total. The Kier molecular flexibility index (Phi) is 2.94. The molecule has 0 aromatic heterocycles. The molecule has 0 spiro atoms. The van der Waals surface area contributed by atoms with Gasteiger partial charge in [-0.2, -0.15) is 0 Å². The Morgan fingerprint density at radius 1 is 1.25 bits per heavy atom. The summed E-state index contributed by atoms with van der Waals surface area (Å²) in [6.45, 7) is 9.20. The van der Waals surface area contributed by atoms with Gasteiger partial charge in [-0.3, -0.25) is 0 Å². The maximum Gasteiger partial charge on any atom is 0.170 e. The summed E-state index contributed by atoms with van der Waals surface area (Å²) in [5.41, 5.74) is 0. The van der Waals surface area contributed by atoms with E-state index in [1.165, 1.54) is 0 Å². The molecule has 8 heavy (non-hydrogen) atoms. The summed E-state index contributed by atoms with van der Waals surface area (Å²) >= 11 is 0. The van der Waals surface area contributed by atoms with Gasteiger partial charge in [0.05, 0.1) is 8.31 Å². The van der Waals surface area contributed by atoms with Crippen LogP contribution in [0.15, 0.2) is 0 Å². The Morgan fingerprint density at radius 2 is 1.62 bits per heavy atom. The molecule has 0 bridgehead atoms. The molecule has 0 saturated carbocycles. The van der Waals surface area contributed by atoms with Crippen LogP contribution in [0.4, 0.5) is 0 Å². The second kappa shape index (κ2) is 2.80. The molecule has 0 rings (SSSR count). The summed E-state index contributed by atoms with van der Waals surface area (Å²) in [5.74, 6) is 0. The van der Waals surface area contributed by atoms with Crippen LogP contribution in [0.5, 0.6) is 0 Å². The zero-order chi connectivity index (χ0) is 6.78. The van der Waals surface area contributed by atoms with Crippen LogP contribution in [0, 0.1) is 0 Å². The lowest BCUT2D eigenvalue weighted by atomic mass is 11.8. The van der Waals surface area contributed by atoms with Gasteiger partial charge in [0.25, 0.3) is 0 Å². The minimum absolute atomic E-state index is 0.145. The fourth-order valence-corrected chi connectivity index (χ4v) is 1.84. The van der Waals surface area contributed by atoms with E-state index in [0.29, 0.717) is 0 Å². The van der Waals surface area contributed by atoms with Crippen LogP contribution in [0.25, 0.3) is 0 Å². The minimum atomic E-state index is -1.15. The first-order valence-electron chi connectivity index (χ1n) is 2.86. The Bertz CT molecular complexity index is 70.8. The Morgan fingerprint density at radius 3 is 1.62 bits per heavy atom. The Labute approximate surface area is 54.6 Å². The standard InChI is InChI=1S/C5H15OSi2/c1-6-8(4,5)7(2)3/h1-5H3. The number of hydrogen-bond acceptors (Lipinski definition) is 1. The molecule has 0 aliphatic heterocycles. The number of rotatable bonds is 2. The van der Waals surface area contributed by atoms with Gasteiger partial charge < -0.3 is 4.43 Å². The van der Waals surface area contributed by atoms with E-state index >= 15 is 0 Å². The summed E-state index contributed by atoms with van der Waals surface area (Å²) in [5, 5.41) is 0. The van der Waals surface area contributed by atoms with E-state index in [2.05, 4.69) is 26.2 Å². The molecule has 0 saturated heterocycles. The maximum atomic E-state index is 5.38. The lowest BCUT2D eigenvalue weighted by molar-refractivity contribution is 0.420. The van der Waals surface area contributed by atoms with E-state index in [0.717, 1.165) is 0 Å². The topological polar surface area (TPSA) is 9.23 Å². The van der Waals surface area contributed by atoms with Gasteiger partial charge in [0, 0.05) is 7.11 Å². The molecule has 0 aliphatic carbocycles. The largest absolute Gasteiger partial charge is 0.423 e. The molecule has 0 fully saturated rings. The van der Waals surface area contributed by atoms with Crippen molar-refractivity contribution >= 4 is 16.1 Å². The molecule has 3 heteroatoms. The molecule has 0 amide bonds. The van der Waals surface area contributed by atoms with Crippen molar-refractivity contribution in [3.05, 3.63) is 0 Å². The van der Waals surface area contributed by atoms with Gasteiger partial charge >= 0.3 is 0 Å². The van der Waals surface area contributed by atoms with E-state index in [1.807, 2.05) is 7.11 Å². The van der Waals surface area contributed by atoms with Crippen LogP contribution in [-0.2, 0) is 4.43 Å². The highest BCUT2D eigenvalue weighted by Crippen LogP contribution is 2.05. The summed E-state index contributed by atoms with van der Waals surface area (Å²) in [4.78, 5) is 0. The lowest BCUT2D eigenvalue weighted by Gasteiger charge is -2.22. The van der Waals surface area contributed by atoms with Crippen LogP contribution in [0.1, 0.15) is 0 Å². The summed E-state index contributed by atoms with van der Waals surface area (Å²) in [7, 11) is 0.539. The predicted octanol–water partition coefficient (Wildman–Crippen LogP) is 1.67. The minimum Gasteiger partial charge on any atom is -0.423 e. The van der Waals surface area contributed by atoms with Gasteiger partial charge in [-0.15, -0.1) is 0 Å². The first-order valence-corrected chi connectivity index (χ1v) is 9.27. The van der Waals surface area contributed by atoms with Crippen molar-refractivity contribution in [2.75, 3.05) is 7.11 Å². The van der Waals surface area contributed by atoms with Crippen molar-refractivity contribution in [3.63, 3.8) is 0 Å². The van der Waals surface area contributed by atoms with Crippen molar-refractivity contribution in [1.82, 2.24) is 0 Å². The van der Waals surface area contributed by atoms with E-state index in [-0.39, 0.29) is 8.31 Å². The first-order chi connectivity index (χ1) is 3.50. The van der Waals surface area contributed by atoms with Crippen molar-refractivity contribution in [2.24, 2.45) is 0 Å². The molecule has 1 radical (unpaired) electrons. The smallest absolute Gasteiger partial charge is 0.170 e. The summed E-state index contributed by atoms with van der Waals surface area (Å²) < 4.78 is 5.38. The predicted molar refractivity (Wildman–Crippen MR) is 42.0 cm³/mol. The highest BCUT2D eigenvalue weighted by molar-refractivity contribution is 7.28. The fraction of sp³-hybridized carbons (Fsp3) is 1.00. The van der Waals surface area contributed by atoms with Crippen molar-refractivity contribution in [2.45, 2.75) is 26.2 Å². The van der Waals surface area contributed by atoms with E-state index in [9.17, 15) is 0 Å². The van der Waals surface area contributed by atoms with Crippen molar-refractivity contribution < 1.29 is 4.43 Å². The van der Waals surface area contributed by atoms with Gasteiger partial charge in [0.2, 0.25) is 0 Å². The molecule has 0 N–H and O–H groups in total. The fourth-order valence-electron chi connectivity index (χ4n) is 0.204. The van der Waals surface area contributed by atoms with Crippen LogP contribution >= 0.6 is 0 Å². The first kappa shape index (κ1) is 8.39. The molecule has 0 aromatic rings. The molecule has 0 aromatic carbocycles. The van der Waals surface area contributed by atoms with Crippen LogP contribution < -0.4 is 0 Å². The van der Waals surface area contributed by atoms with Gasteiger partial charge in [-0.25, -0.2) is 0 Å². The summed E-state index contributed by atoms with van der Waals surface area (Å²) in [6.07, 6.45) is 0. The van der Waals surface area contributed by atoms with E-state index in [4.69, 9.17) is 4.43 Å². The number of hydrogen-bond donors (Lipinski definition) is 0. The third kappa shape index (κ3) is 2.11. The molecule has 0 unspecified atom stereocenters. The van der Waals surface area contributed by atoms with E-state index in [1.54, 1.807) is 0 Å². The zero-order valence-electron chi connectivity index (χ0n) is 6.41. The third-order valence-corrected chi connectivity index (χ3v) is 13.0. The van der Waals surface area contributed by atoms with Crippen molar-refractivity contribution in [1.29, 1.82) is 0 Å². The van der Waals surface area contributed by atoms with Crippen LogP contribution in [0.2, 0.25) is 26.2 Å². The Balaban J connectivity index is 3.71. The second-order valence-electron chi connectivity index (χ2n) is 2.71. The highest BCUT2D eigenvalue weighted by atomic mass is 29.2. The van der Waals surface area contributed by atoms with Gasteiger partial charge in [-0.05, 0) is 13.1 Å². The monoisotopic (exact) mass is 147 g/mol. The van der Waals surface area contributed by atoms with Gasteiger partial charge in [0.1, 0.15) is 0 Å².